The zero-order valence-electron chi connectivity index (χ0n) is 13.9. The Balaban J connectivity index is 1.67. The molecule has 1 fully saturated rings. The number of imidazole rings is 1. The molecule has 0 saturated carbocycles. The van der Waals surface area contributed by atoms with Crippen molar-refractivity contribution in [1.29, 1.82) is 0 Å². The van der Waals surface area contributed by atoms with E-state index < -0.39 is 0 Å². The summed E-state index contributed by atoms with van der Waals surface area (Å²) in [6, 6.07) is 8.32. The molecule has 2 aromatic rings. The van der Waals surface area contributed by atoms with Crippen LogP contribution in [0.2, 0.25) is 0 Å². The Labute approximate surface area is 137 Å². The average Bonchev–Trinajstić information content (AvgIpc) is 3.09. The summed E-state index contributed by atoms with van der Waals surface area (Å²) in [5.41, 5.74) is 2.00. The minimum absolute atomic E-state index is 0.131. The lowest BCUT2D eigenvalue weighted by atomic mass is 10.0. The highest BCUT2D eigenvalue weighted by molar-refractivity contribution is 5.94. The topological polar surface area (TPSA) is 41.4 Å². The molecule has 2 heterocycles. The normalized spacial score (nSPS) is 18.4. The molecule has 3 rings (SSSR count). The molecule has 122 valence electrons. The quantitative estimate of drug-likeness (QED) is 0.870. The molecular formula is C18H24N4O. The van der Waals surface area contributed by atoms with Crippen molar-refractivity contribution >= 4 is 5.91 Å². The number of carbonyl (C=O) groups is 1. The Morgan fingerprint density at radius 2 is 2.09 bits per heavy atom. The van der Waals surface area contributed by atoms with Crippen LogP contribution in [0.5, 0.6) is 0 Å². The van der Waals surface area contributed by atoms with Crippen LogP contribution in [0.1, 0.15) is 34.8 Å². The molecule has 0 N–H and O–H groups in total. The first-order valence-electron chi connectivity index (χ1n) is 8.14. The third kappa shape index (κ3) is 3.79. The van der Waals surface area contributed by atoms with Gasteiger partial charge >= 0.3 is 0 Å². The predicted molar refractivity (Wildman–Crippen MR) is 90.2 cm³/mol. The van der Waals surface area contributed by atoms with E-state index in [-0.39, 0.29) is 5.91 Å². The second-order valence-electron chi connectivity index (χ2n) is 6.49. The number of carbonyl (C=O) groups excluding carboxylic acids is 1. The van der Waals surface area contributed by atoms with Gasteiger partial charge in [0.2, 0.25) is 0 Å². The van der Waals surface area contributed by atoms with Crippen LogP contribution in [-0.2, 0) is 6.54 Å². The predicted octanol–water partition coefficient (Wildman–Crippen LogP) is 2.42. The number of hydrogen-bond donors (Lipinski definition) is 0. The fourth-order valence-corrected chi connectivity index (χ4v) is 3.17. The molecular weight excluding hydrogens is 288 g/mol. The van der Waals surface area contributed by atoms with Crippen LogP contribution in [-0.4, -0.2) is 52.4 Å². The Hall–Kier alpha value is -2.14. The maximum atomic E-state index is 12.7. The fraction of sp³-hybridized carbons (Fsp3) is 0.444. The molecule has 0 unspecified atom stereocenters. The van der Waals surface area contributed by atoms with Crippen molar-refractivity contribution in [3.05, 3.63) is 54.1 Å². The van der Waals surface area contributed by atoms with E-state index in [4.69, 9.17) is 0 Å². The van der Waals surface area contributed by atoms with Gasteiger partial charge < -0.3 is 14.4 Å². The van der Waals surface area contributed by atoms with Crippen molar-refractivity contribution < 1.29 is 4.79 Å². The largest absolute Gasteiger partial charge is 0.337 e. The minimum Gasteiger partial charge on any atom is -0.337 e. The molecule has 1 atom stereocenters. The summed E-state index contributed by atoms with van der Waals surface area (Å²) in [4.78, 5) is 20.9. The van der Waals surface area contributed by atoms with Crippen LogP contribution < -0.4 is 0 Å². The Kier molecular flexibility index (Phi) is 4.76. The lowest BCUT2D eigenvalue weighted by Crippen LogP contribution is -2.40. The van der Waals surface area contributed by atoms with Gasteiger partial charge in [-0.1, -0.05) is 12.1 Å². The molecule has 0 aliphatic carbocycles. The van der Waals surface area contributed by atoms with Crippen LogP contribution in [0.4, 0.5) is 0 Å². The first-order valence-corrected chi connectivity index (χ1v) is 8.14. The van der Waals surface area contributed by atoms with Crippen LogP contribution in [0.15, 0.2) is 43.0 Å². The summed E-state index contributed by atoms with van der Waals surface area (Å²) in [5.74, 6) is 0.131. The number of aromatic nitrogens is 2. The van der Waals surface area contributed by atoms with E-state index in [1.165, 1.54) is 5.56 Å². The zero-order chi connectivity index (χ0) is 16.2. The van der Waals surface area contributed by atoms with Crippen molar-refractivity contribution in [3.63, 3.8) is 0 Å². The maximum Gasteiger partial charge on any atom is 0.253 e. The van der Waals surface area contributed by atoms with Crippen LogP contribution in [0.3, 0.4) is 0 Å². The van der Waals surface area contributed by atoms with E-state index in [1.54, 1.807) is 6.20 Å². The monoisotopic (exact) mass is 312 g/mol. The van der Waals surface area contributed by atoms with E-state index >= 15 is 0 Å². The number of piperidine rings is 1. The highest BCUT2D eigenvalue weighted by Crippen LogP contribution is 2.22. The molecule has 23 heavy (non-hydrogen) atoms. The second-order valence-corrected chi connectivity index (χ2v) is 6.49. The standard InChI is InChI=1S/C18H24N4O/c1-20(2)12-15-5-7-16(8-6-15)18(23)21-10-3-4-17(13-21)22-11-9-19-14-22/h5-9,11,14,17H,3-4,10,12-13H2,1-2H3/t17-/m1/s1. The van der Waals surface area contributed by atoms with E-state index in [0.717, 1.165) is 38.0 Å². The number of benzene rings is 1. The van der Waals surface area contributed by atoms with Crippen molar-refractivity contribution in [1.82, 2.24) is 19.4 Å². The fourth-order valence-electron chi connectivity index (χ4n) is 3.17. The molecule has 1 amide bonds. The zero-order valence-corrected chi connectivity index (χ0v) is 13.9. The molecule has 1 aliphatic rings. The highest BCUT2D eigenvalue weighted by atomic mass is 16.2. The summed E-state index contributed by atoms with van der Waals surface area (Å²) in [6.07, 6.45) is 7.75. The van der Waals surface area contributed by atoms with Gasteiger partial charge in [0, 0.05) is 37.6 Å². The SMILES string of the molecule is CN(C)Cc1ccc(C(=O)N2CCC[C@@H](n3ccnc3)C2)cc1. The second kappa shape index (κ2) is 6.96. The van der Waals surface area contributed by atoms with E-state index in [9.17, 15) is 4.79 Å². The summed E-state index contributed by atoms with van der Waals surface area (Å²) in [6.45, 7) is 2.49. The van der Waals surface area contributed by atoms with Gasteiger partial charge in [-0.2, -0.15) is 0 Å². The third-order valence-electron chi connectivity index (χ3n) is 4.33. The number of rotatable bonds is 4. The average molecular weight is 312 g/mol. The number of amides is 1. The first-order chi connectivity index (χ1) is 11.1. The third-order valence-corrected chi connectivity index (χ3v) is 4.33. The molecule has 0 bridgehead atoms. The summed E-state index contributed by atoms with van der Waals surface area (Å²) < 4.78 is 2.11. The van der Waals surface area contributed by atoms with Gasteiger partial charge in [-0.05, 0) is 44.6 Å². The summed E-state index contributed by atoms with van der Waals surface area (Å²) in [7, 11) is 4.09. The number of likely N-dealkylation sites (tertiary alicyclic amines) is 1. The molecule has 1 saturated heterocycles. The molecule has 0 spiro atoms. The summed E-state index contributed by atoms with van der Waals surface area (Å²) in [5, 5.41) is 0. The smallest absolute Gasteiger partial charge is 0.253 e. The van der Waals surface area contributed by atoms with Gasteiger partial charge in [0.15, 0.2) is 0 Å². The molecule has 1 aromatic carbocycles. The van der Waals surface area contributed by atoms with Crippen LogP contribution >= 0.6 is 0 Å². The van der Waals surface area contributed by atoms with Crippen LogP contribution in [0.25, 0.3) is 0 Å². The molecule has 5 heteroatoms. The lowest BCUT2D eigenvalue weighted by Gasteiger charge is -2.33. The Morgan fingerprint density at radius 1 is 1.30 bits per heavy atom. The molecule has 1 aliphatic heterocycles. The minimum atomic E-state index is 0.131. The summed E-state index contributed by atoms with van der Waals surface area (Å²) >= 11 is 0. The molecule has 1 aromatic heterocycles. The highest BCUT2D eigenvalue weighted by Gasteiger charge is 2.25. The van der Waals surface area contributed by atoms with Crippen molar-refractivity contribution in [2.45, 2.75) is 25.4 Å². The van der Waals surface area contributed by atoms with Gasteiger partial charge in [0.1, 0.15) is 0 Å². The van der Waals surface area contributed by atoms with Gasteiger partial charge in [-0.15, -0.1) is 0 Å². The van der Waals surface area contributed by atoms with Crippen molar-refractivity contribution in [3.8, 4) is 0 Å². The number of hydrogen-bond acceptors (Lipinski definition) is 3. The maximum absolute atomic E-state index is 12.7. The first kappa shape index (κ1) is 15.7. The van der Waals surface area contributed by atoms with Crippen LogP contribution in [0, 0.1) is 0 Å². The van der Waals surface area contributed by atoms with E-state index in [0.29, 0.717) is 6.04 Å². The Morgan fingerprint density at radius 3 is 2.74 bits per heavy atom. The number of nitrogens with zero attached hydrogens (tertiary/aromatic N) is 4. The van der Waals surface area contributed by atoms with E-state index in [1.807, 2.05) is 55.8 Å². The lowest BCUT2D eigenvalue weighted by molar-refractivity contribution is 0.0679. The van der Waals surface area contributed by atoms with Gasteiger partial charge in [0.25, 0.3) is 5.91 Å². The Bertz CT molecular complexity index is 634. The molecule has 5 nitrogen and oxygen atoms in total. The van der Waals surface area contributed by atoms with Crippen molar-refractivity contribution in [2.75, 3.05) is 27.2 Å². The van der Waals surface area contributed by atoms with Crippen molar-refractivity contribution in [2.24, 2.45) is 0 Å². The van der Waals surface area contributed by atoms with Gasteiger partial charge in [-0.25, -0.2) is 4.98 Å². The van der Waals surface area contributed by atoms with Gasteiger partial charge in [0.05, 0.1) is 12.4 Å². The molecule has 0 radical (unpaired) electrons. The van der Waals surface area contributed by atoms with E-state index in [2.05, 4.69) is 14.5 Å². The van der Waals surface area contributed by atoms with Gasteiger partial charge in [-0.3, -0.25) is 4.79 Å².